The van der Waals surface area contributed by atoms with Crippen molar-refractivity contribution in [2.45, 2.75) is 19.1 Å². The molecule has 0 amide bonds. The Hall–Kier alpha value is -1.05. The van der Waals surface area contributed by atoms with Crippen LogP contribution in [0, 0.1) is 0 Å². The summed E-state index contributed by atoms with van der Waals surface area (Å²) in [5, 5.41) is 11.7. The fourth-order valence-corrected chi connectivity index (χ4v) is 1.78. The zero-order valence-corrected chi connectivity index (χ0v) is 9.54. The minimum absolute atomic E-state index is 0.0217. The third kappa shape index (κ3) is 2.55. The lowest BCUT2D eigenvalue weighted by molar-refractivity contribution is -0.0277. The van der Waals surface area contributed by atoms with Crippen LogP contribution in [-0.4, -0.2) is 58.4 Å². The maximum Gasteiger partial charge on any atom is 0.181 e. The summed E-state index contributed by atoms with van der Waals surface area (Å²) in [4.78, 5) is 2.22. The van der Waals surface area contributed by atoms with Gasteiger partial charge in [-0.3, -0.25) is 0 Å². The smallest absolute Gasteiger partial charge is 0.181 e. The van der Waals surface area contributed by atoms with Crippen LogP contribution in [0.5, 0.6) is 0 Å². The lowest BCUT2D eigenvalue weighted by atomic mass is 10.2. The normalized spacial score (nSPS) is 22.5. The number of tetrazole rings is 1. The zero-order chi connectivity index (χ0) is 11.4. The summed E-state index contributed by atoms with van der Waals surface area (Å²) < 4.78 is 7.47. The molecule has 1 saturated heterocycles. The molecule has 7 heteroatoms. The Morgan fingerprint density at radius 3 is 3.19 bits per heavy atom. The minimum Gasteiger partial charge on any atom is -0.367 e. The van der Waals surface area contributed by atoms with Crippen LogP contribution in [-0.2, 0) is 11.3 Å². The van der Waals surface area contributed by atoms with Crippen LogP contribution in [0.3, 0.4) is 0 Å². The molecule has 1 aromatic heterocycles. The van der Waals surface area contributed by atoms with Crippen molar-refractivity contribution in [1.82, 2.24) is 25.1 Å². The number of likely N-dealkylation sites (N-methyl/N-ethyl adjacent to an activating group) is 1. The van der Waals surface area contributed by atoms with Crippen LogP contribution in [0.2, 0.25) is 0 Å². The van der Waals surface area contributed by atoms with Gasteiger partial charge in [0.1, 0.15) is 6.10 Å². The van der Waals surface area contributed by atoms with E-state index in [1.54, 1.807) is 4.68 Å². The highest BCUT2D eigenvalue weighted by atomic mass is 16.5. The molecule has 1 unspecified atom stereocenters. The van der Waals surface area contributed by atoms with Crippen molar-refractivity contribution in [3.63, 3.8) is 0 Å². The molecule has 7 nitrogen and oxygen atoms in total. The van der Waals surface area contributed by atoms with Gasteiger partial charge in [-0.05, 0) is 30.4 Å². The lowest BCUT2D eigenvalue weighted by Gasteiger charge is -2.29. The first kappa shape index (κ1) is 11.4. The van der Waals surface area contributed by atoms with E-state index >= 15 is 0 Å². The molecule has 1 aliphatic rings. The molecule has 0 aliphatic carbocycles. The van der Waals surface area contributed by atoms with Gasteiger partial charge >= 0.3 is 0 Å². The molecule has 0 saturated carbocycles. The number of nitrogens with zero attached hydrogens (tertiary/aromatic N) is 5. The van der Waals surface area contributed by atoms with Crippen LogP contribution in [0.4, 0.5) is 0 Å². The third-order valence-electron chi connectivity index (χ3n) is 2.69. The van der Waals surface area contributed by atoms with Crippen molar-refractivity contribution < 1.29 is 4.74 Å². The maximum absolute atomic E-state index is 5.68. The molecule has 0 radical (unpaired) electrons. The second-order valence-corrected chi connectivity index (χ2v) is 4.02. The number of aryl methyl sites for hydroxylation is 1. The second-order valence-electron chi connectivity index (χ2n) is 4.02. The quantitative estimate of drug-likeness (QED) is 0.711. The Labute approximate surface area is 94.5 Å². The lowest BCUT2D eigenvalue weighted by Crippen LogP contribution is -2.36. The average molecular weight is 226 g/mol. The molecule has 1 fully saturated rings. The van der Waals surface area contributed by atoms with Gasteiger partial charge in [-0.2, -0.15) is 0 Å². The Bertz CT molecular complexity index is 328. The summed E-state index contributed by atoms with van der Waals surface area (Å²) in [6, 6.07) is 0. The molecule has 0 bridgehead atoms. The average Bonchev–Trinajstić information content (AvgIpc) is 2.74. The highest BCUT2D eigenvalue weighted by Crippen LogP contribution is 2.18. The summed E-state index contributed by atoms with van der Waals surface area (Å²) in [5.74, 6) is 0.806. The molecule has 1 atom stereocenters. The van der Waals surface area contributed by atoms with Gasteiger partial charge in [0.05, 0.1) is 6.61 Å². The fourth-order valence-electron chi connectivity index (χ4n) is 1.78. The van der Waals surface area contributed by atoms with E-state index in [2.05, 4.69) is 27.5 Å². The number of ether oxygens (including phenoxy) is 1. The van der Waals surface area contributed by atoms with Crippen LogP contribution in [0.25, 0.3) is 0 Å². The summed E-state index contributed by atoms with van der Waals surface area (Å²) in [6.07, 6.45) is 0.854. The Morgan fingerprint density at radius 1 is 1.56 bits per heavy atom. The molecule has 16 heavy (non-hydrogen) atoms. The van der Waals surface area contributed by atoms with Gasteiger partial charge < -0.3 is 15.4 Å². The number of morpholine rings is 1. The van der Waals surface area contributed by atoms with Crippen LogP contribution in [0.1, 0.15) is 18.3 Å². The molecule has 2 heterocycles. The highest BCUT2D eigenvalue weighted by Gasteiger charge is 2.24. The fraction of sp³-hybridized carbons (Fsp3) is 0.889. The van der Waals surface area contributed by atoms with Crippen molar-refractivity contribution >= 4 is 0 Å². The molecule has 0 spiro atoms. The first-order valence-corrected chi connectivity index (χ1v) is 5.57. The van der Waals surface area contributed by atoms with Crippen molar-refractivity contribution in [2.24, 2.45) is 5.73 Å². The molecule has 90 valence electrons. The molecular formula is C9H18N6O. The SMILES string of the molecule is CN1CCOC(c2nnnn2CCCN)C1. The topological polar surface area (TPSA) is 82.1 Å². The molecule has 2 N–H and O–H groups in total. The van der Waals surface area contributed by atoms with Gasteiger partial charge in [-0.25, -0.2) is 4.68 Å². The molecule has 2 rings (SSSR count). The van der Waals surface area contributed by atoms with E-state index in [9.17, 15) is 0 Å². The van der Waals surface area contributed by atoms with E-state index in [1.807, 2.05) is 0 Å². The van der Waals surface area contributed by atoms with E-state index in [4.69, 9.17) is 10.5 Å². The largest absolute Gasteiger partial charge is 0.367 e. The van der Waals surface area contributed by atoms with Gasteiger partial charge in [0.25, 0.3) is 0 Å². The van der Waals surface area contributed by atoms with Crippen LogP contribution >= 0.6 is 0 Å². The second kappa shape index (κ2) is 5.33. The summed E-state index contributed by atoms with van der Waals surface area (Å²) in [6.45, 7) is 3.92. The van der Waals surface area contributed by atoms with Gasteiger partial charge in [0.2, 0.25) is 0 Å². The number of hydrogen-bond acceptors (Lipinski definition) is 6. The van der Waals surface area contributed by atoms with Crippen molar-refractivity contribution in [3.05, 3.63) is 5.82 Å². The Kier molecular flexibility index (Phi) is 3.81. The number of aromatic nitrogens is 4. The zero-order valence-electron chi connectivity index (χ0n) is 9.54. The van der Waals surface area contributed by atoms with E-state index in [0.717, 1.165) is 38.5 Å². The van der Waals surface area contributed by atoms with Crippen LogP contribution in [0.15, 0.2) is 0 Å². The summed E-state index contributed by atoms with van der Waals surface area (Å²) in [7, 11) is 2.07. The maximum atomic E-state index is 5.68. The minimum atomic E-state index is -0.0217. The molecule has 0 aromatic carbocycles. The standard InChI is InChI=1S/C9H18N6O/c1-14-5-6-16-8(7-14)9-11-12-13-15(9)4-2-3-10/h8H,2-7,10H2,1H3. The molecular weight excluding hydrogens is 208 g/mol. The van der Waals surface area contributed by atoms with E-state index in [-0.39, 0.29) is 6.10 Å². The predicted octanol–water partition coefficient (Wildman–Crippen LogP) is -0.975. The van der Waals surface area contributed by atoms with E-state index in [0.29, 0.717) is 6.54 Å². The number of rotatable bonds is 4. The van der Waals surface area contributed by atoms with Gasteiger partial charge in [-0.1, -0.05) is 0 Å². The third-order valence-corrected chi connectivity index (χ3v) is 2.69. The van der Waals surface area contributed by atoms with Crippen LogP contribution < -0.4 is 5.73 Å². The number of nitrogens with two attached hydrogens (primary N) is 1. The van der Waals surface area contributed by atoms with Gasteiger partial charge in [0.15, 0.2) is 5.82 Å². The first-order chi connectivity index (χ1) is 7.81. The Balaban J connectivity index is 2.04. The van der Waals surface area contributed by atoms with Crippen molar-refractivity contribution in [1.29, 1.82) is 0 Å². The van der Waals surface area contributed by atoms with Gasteiger partial charge in [0, 0.05) is 19.6 Å². The van der Waals surface area contributed by atoms with Crippen molar-refractivity contribution in [3.8, 4) is 0 Å². The summed E-state index contributed by atoms with van der Waals surface area (Å²) >= 11 is 0. The van der Waals surface area contributed by atoms with E-state index in [1.165, 1.54) is 0 Å². The van der Waals surface area contributed by atoms with Gasteiger partial charge in [-0.15, -0.1) is 5.10 Å². The first-order valence-electron chi connectivity index (χ1n) is 5.57. The number of hydrogen-bond donors (Lipinski definition) is 1. The van der Waals surface area contributed by atoms with Crippen molar-refractivity contribution in [2.75, 3.05) is 33.3 Å². The predicted molar refractivity (Wildman–Crippen MR) is 57.7 cm³/mol. The van der Waals surface area contributed by atoms with E-state index < -0.39 is 0 Å². The molecule has 1 aromatic rings. The summed E-state index contributed by atoms with van der Waals surface area (Å²) in [5.41, 5.74) is 5.47. The monoisotopic (exact) mass is 226 g/mol. The Morgan fingerprint density at radius 2 is 2.44 bits per heavy atom. The highest BCUT2D eigenvalue weighted by molar-refractivity contribution is 4.91. The molecule has 1 aliphatic heterocycles.